The summed E-state index contributed by atoms with van der Waals surface area (Å²) in [4.78, 5) is 18.5. The zero-order valence-corrected chi connectivity index (χ0v) is 17.2. The van der Waals surface area contributed by atoms with Crippen LogP contribution in [0, 0.1) is 0 Å². The van der Waals surface area contributed by atoms with Crippen molar-refractivity contribution >= 4 is 48.0 Å². The lowest BCUT2D eigenvalue weighted by molar-refractivity contribution is 0.0677. The minimum Gasteiger partial charge on any atom is -0.486 e. The first-order chi connectivity index (χ1) is 13.6. The van der Waals surface area contributed by atoms with Crippen LogP contribution in [0.1, 0.15) is 28.8 Å². The zero-order valence-electron chi connectivity index (χ0n) is 15.4. The molecule has 0 radical (unpaired) electrons. The number of ether oxygens (including phenoxy) is 1. The van der Waals surface area contributed by atoms with Crippen molar-refractivity contribution in [2.45, 2.75) is 25.5 Å². The van der Waals surface area contributed by atoms with Crippen molar-refractivity contribution in [3.8, 4) is 5.75 Å². The monoisotopic (exact) mass is 436 g/mol. The summed E-state index contributed by atoms with van der Waals surface area (Å²) in [5.74, 6) is 0.583. The van der Waals surface area contributed by atoms with E-state index in [1.165, 1.54) is 0 Å². The van der Waals surface area contributed by atoms with E-state index in [-0.39, 0.29) is 44.5 Å². The van der Waals surface area contributed by atoms with Gasteiger partial charge in [0.2, 0.25) is 5.65 Å². The van der Waals surface area contributed by atoms with E-state index in [1.54, 1.807) is 29.2 Å². The van der Waals surface area contributed by atoms with Gasteiger partial charge in [-0.3, -0.25) is 4.79 Å². The van der Waals surface area contributed by atoms with Gasteiger partial charge in [0, 0.05) is 28.8 Å². The van der Waals surface area contributed by atoms with Gasteiger partial charge in [0.25, 0.3) is 5.91 Å². The number of hydrogen-bond acceptors (Lipinski definition) is 7. The predicted molar refractivity (Wildman–Crippen MR) is 113 cm³/mol. The van der Waals surface area contributed by atoms with E-state index in [2.05, 4.69) is 20.4 Å². The number of amides is 1. The molecular weight excluding hydrogens is 416 g/mol. The summed E-state index contributed by atoms with van der Waals surface area (Å²) in [6, 6.07) is 6.54. The third kappa shape index (κ3) is 4.24. The average Bonchev–Trinajstić information content (AvgIpc) is 3.35. The number of halogens is 1. The Morgan fingerprint density at radius 3 is 2.97 bits per heavy atom. The number of aromatic nitrogens is 4. The quantitative estimate of drug-likeness (QED) is 0.556. The molecule has 2 aromatic heterocycles. The number of aliphatic hydroxyl groups is 1. The fourth-order valence-corrected chi connectivity index (χ4v) is 3.58. The molecule has 0 spiro atoms. The third-order valence-corrected chi connectivity index (χ3v) is 5.16. The van der Waals surface area contributed by atoms with E-state index in [9.17, 15) is 9.90 Å². The summed E-state index contributed by atoms with van der Waals surface area (Å²) in [7, 11) is 0. The minimum atomic E-state index is -0.128. The number of nitrogens with zero attached hydrogens (tertiary/aromatic N) is 4. The maximum Gasteiger partial charge on any atom is 0.254 e. The van der Waals surface area contributed by atoms with E-state index in [4.69, 9.17) is 22.1 Å². The van der Waals surface area contributed by atoms with E-state index in [0.29, 0.717) is 39.6 Å². The van der Waals surface area contributed by atoms with Crippen LogP contribution >= 0.6 is 25.1 Å². The number of anilines is 1. The first-order valence-electron chi connectivity index (χ1n) is 8.87. The molecule has 0 bridgehead atoms. The normalized spacial score (nSPS) is 16.1. The van der Waals surface area contributed by atoms with Crippen molar-refractivity contribution in [2.75, 3.05) is 18.9 Å². The number of carbonyl (C=O) groups excluding carboxylic acids is 1. The maximum absolute atomic E-state index is 12.7. The van der Waals surface area contributed by atoms with Crippen molar-refractivity contribution in [3.05, 3.63) is 40.4 Å². The van der Waals surface area contributed by atoms with Crippen molar-refractivity contribution in [1.82, 2.24) is 25.3 Å². The molecule has 9 nitrogen and oxygen atoms in total. The van der Waals surface area contributed by atoms with Crippen LogP contribution in [0.3, 0.4) is 0 Å². The van der Waals surface area contributed by atoms with Gasteiger partial charge in [-0.2, -0.15) is 23.8 Å². The van der Waals surface area contributed by atoms with Crippen LogP contribution in [0.4, 0.5) is 5.82 Å². The molecule has 1 amide bonds. The molecule has 1 fully saturated rings. The molecule has 11 heteroatoms. The number of hydrogen-bond donors (Lipinski definition) is 3. The Bertz CT molecular complexity index is 1030. The van der Waals surface area contributed by atoms with Gasteiger partial charge in [-0.25, -0.2) is 4.98 Å². The SMILES string of the molecule is Nc1cc(OCc2ccc(C(=O)N3CCC[C@H]3CO)cc2Cl)c2n[nH]nc2n1.S. The summed E-state index contributed by atoms with van der Waals surface area (Å²) in [6.45, 7) is 0.780. The first kappa shape index (κ1) is 21.2. The maximum atomic E-state index is 12.7. The van der Waals surface area contributed by atoms with Gasteiger partial charge in [-0.1, -0.05) is 17.7 Å². The smallest absolute Gasteiger partial charge is 0.254 e. The number of benzene rings is 1. The average molecular weight is 437 g/mol. The van der Waals surface area contributed by atoms with Crippen molar-refractivity contribution in [2.24, 2.45) is 0 Å². The summed E-state index contributed by atoms with van der Waals surface area (Å²) >= 11 is 6.37. The Balaban J connectivity index is 0.00000240. The van der Waals surface area contributed by atoms with Crippen LogP contribution in [0.2, 0.25) is 5.02 Å². The van der Waals surface area contributed by atoms with Crippen molar-refractivity contribution in [1.29, 1.82) is 0 Å². The number of likely N-dealkylation sites (tertiary alicyclic amines) is 1. The molecular formula is C18H21ClN6O3S. The molecule has 1 atom stereocenters. The Morgan fingerprint density at radius 1 is 1.38 bits per heavy atom. The van der Waals surface area contributed by atoms with E-state index >= 15 is 0 Å². The molecule has 154 valence electrons. The second-order valence-electron chi connectivity index (χ2n) is 6.61. The molecule has 1 saturated heterocycles. The highest BCUT2D eigenvalue weighted by molar-refractivity contribution is 7.59. The summed E-state index contributed by atoms with van der Waals surface area (Å²) < 4.78 is 5.80. The zero-order chi connectivity index (χ0) is 19.7. The van der Waals surface area contributed by atoms with Crippen LogP contribution in [0.5, 0.6) is 5.75 Å². The first-order valence-corrected chi connectivity index (χ1v) is 9.24. The number of nitrogens with one attached hydrogen (secondary N) is 1. The molecule has 1 aliphatic rings. The van der Waals surface area contributed by atoms with E-state index in [0.717, 1.165) is 12.8 Å². The number of carbonyl (C=O) groups is 1. The minimum absolute atomic E-state index is 0. The lowest BCUT2D eigenvalue weighted by Crippen LogP contribution is -2.37. The van der Waals surface area contributed by atoms with Crippen LogP contribution < -0.4 is 10.5 Å². The Hall–Kier alpha value is -2.56. The van der Waals surface area contributed by atoms with Crippen LogP contribution in [0.25, 0.3) is 11.2 Å². The fourth-order valence-electron chi connectivity index (χ4n) is 3.35. The largest absolute Gasteiger partial charge is 0.486 e. The highest BCUT2D eigenvalue weighted by Gasteiger charge is 2.29. The van der Waals surface area contributed by atoms with Crippen molar-refractivity contribution in [3.63, 3.8) is 0 Å². The lowest BCUT2D eigenvalue weighted by Gasteiger charge is -2.23. The Morgan fingerprint density at radius 2 is 2.21 bits per heavy atom. The summed E-state index contributed by atoms with van der Waals surface area (Å²) in [5.41, 5.74) is 7.80. The van der Waals surface area contributed by atoms with Gasteiger partial charge in [0.15, 0.2) is 11.3 Å². The Labute approximate surface area is 178 Å². The number of nitrogens with two attached hydrogens (primary N) is 1. The molecule has 1 aliphatic heterocycles. The predicted octanol–water partition coefficient (Wildman–Crippen LogP) is 1.88. The molecule has 4 N–H and O–H groups in total. The number of nitrogen functional groups attached to an aromatic ring is 1. The molecule has 0 saturated carbocycles. The van der Waals surface area contributed by atoms with Crippen molar-refractivity contribution < 1.29 is 14.6 Å². The van der Waals surface area contributed by atoms with E-state index in [1.807, 2.05) is 0 Å². The van der Waals surface area contributed by atoms with Gasteiger partial charge in [-0.15, -0.1) is 5.10 Å². The van der Waals surface area contributed by atoms with Crippen LogP contribution in [0.15, 0.2) is 24.3 Å². The number of aliphatic hydroxyl groups excluding tert-OH is 1. The molecule has 4 rings (SSSR count). The molecule has 3 aromatic rings. The number of rotatable bonds is 5. The number of H-pyrrole nitrogens is 1. The fraction of sp³-hybridized carbons (Fsp3) is 0.333. The second-order valence-corrected chi connectivity index (χ2v) is 7.02. The lowest BCUT2D eigenvalue weighted by atomic mass is 10.1. The molecule has 0 aliphatic carbocycles. The topological polar surface area (TPSA) is 130 Å². The molecule has 3 heterocycles. The number of fused-ring (bicyclic) bond motifs is 1. The highest BCUT2D eigenvalue weighted by Crippen LogP contribution is 2.27. The third-order valence-electron chi connectivity index (χ3n) is 4.81. The second kappa shape index (κ2) is 8.85. The van der Waals surface area contributed by atoms with Crippen LogP contribution in [-0.2, 0) is 6.61 Å². The highest BCUT2D eigenvalue weighted by atomic mass is 35.5. The van der Waals surface area contributed by atoms with Gasteiger partial charge in [0.05, 0.1) is 12.6 Å². The number of aromatic amines is 1. The number of pyridine rings is 1. The van der Waals surface area contributed by atoms with Gasteiger partial charge in [0.1, 0.15) is 12.4 Å². The summed E-state index contributed by atoms with van der Waals surface area (Å²) in [5, 5.41) is 20.2. The Kier molecular flexibility index (Phi) is 6.46. The van der Waals surface area contributed by atoms with E-state index < -0.39 is 0 Å². The standard InChI is InChI=1S/C18H19ClN6O3.H2S/c19-13-6-10(18(27)25-5-1-2-12(25)8-26)3-4-11(13)9-28-14-7-15(20)21-17-16(14)22-24-23-17;/h3-4,6-7,12,26H,1-2,5,8-9H2,(H3,20,21,22,23,24);1H2/t12-;/m0./s1. The summed E-state index contributed by atoms with van der Waals surface area (Å²) in [6.07, 6.45) is 1.70. The molecule has 0 unspecified atom stereocenters. The van der Waals surface area contributed by atoms with Gasteiger partial charge < -0.3 is 20.5 Å². The van der Waals surface area contributed by atoms with Gasteiger partial charge >= 0.3 is 0 Å². The van der Waals surface area contributed by atoms with Gasteiger partial charge in [-0.05, 0) is 25.0 Å². The van der Waals surface area contributed by atoms with Crippen LogP contribution in [-0.4, -0.2) is 55.5 Å². The molecule has 1 aromatic carbocycles. The molecule has 29 heavy (non-hydrogen) atoms.